The molecule has 1 unspecified atom stereocenters. The molecule has 0 aliphatic heterocycles. The molecular formula is C36H60N2O5. The molecule has 0 aromatic carbocycles. The number of carbonyl (C=O) groups is 3. The number of hydrogen-bond donors (Lipinski definition) is 3. The Balaban J connectivity index is 1.38. The fourth-order valence-electron chi connectivity index (χ4n) is 10.1. The van der Waals surface area contributed by atoms with Crippen molar-refractivity contribution in [2.75, 3.05) is 6.54 Å². The van der Waals surface area contributed by atoms with Gasteiger partial charge in [-0.15, -0.1) is 0 Å². The highest BCUT2D eigenvalue weighted by Gasteiger charge is 2.59. The second kappa shape index (κ2) is 13.9. The molecule has 4 rings (SSSR count). The summed E-state index contributed by atoms with van der Waals surface area (Å²) < 4.78 is 6.05. The van der Waals surface area contributed by atoms with Crippen molar-refractivity contribution in [1.82, 2.24) is 10.6 Å². The number of carbonyl (C=O) groups excluding carboxylic acids is 2. The minimum Gasteiger partial charge on any atom is -0.465 e. The molecule has 3 saturated carbocycles. The first-order valence-corrected chi connectivity index (χ1v) is 17.4. The van der Waals surface area contributed by atoms with Crippen LogP contribution in [0.5, 0.6) is 0 Å². The predicted molar refractivity (Wildman–Crippen MR) is 170 cm³/mol. The molecular weight excluding hydrogens is 540 g/mol. The number of allylic oxidation sites excluding steroid dienone is 1. The smallest absolute Gasteiger partial charge is 0.405 e. The van der Waals surface area contributed by atoms with Gasteiger partial charge in [-0.1, -0.05) is 79.4 Å². The third kappa shape index (κ3) is 7.61. The van der Waals surface area contributed by atoms with Gasteiger partial charge in [0.25, 0.3) is 0 Å². The van der Waals surface area contributed by atoms with Gasteiger partial charge in [0.1, 0.15) is 18.7 Å². The molecule has 0 spiro atoms. The predicted octanol–water partition coefficient (Wildman–Crippen LogP) is 7.74. The third-order valence-corrected chi connectivity index (χ3v) is 12.3. The molecule has 0 radical (unpaired) electrons. The van der Waals surface area contributed by atoms with Crippen molar-refractivity contribution >= 4 is 18.0 Å². The molecule has 0 heterocycles. The van der Waals surface area contributed by atoms with Crippen LogP contribution in [0.1, 0.15) is 126 Å². The van der Waals surface area contributed by atoms with Gasteiger partial charge >= 0.3 is 12.1 Å². The lowest BCUT2D eigenvalue weighted by Gasteiger charge is -2.58. The molecule has 4 aliphatic rings. The van der Waals surface area contributed by atoms with Gasteiger partial charge in [0.2, 0.25) is 5.91 Å². The minimum atomic E-state index is -1.27. The summed E-state index contributed by atoms with van der Waals surface area (Å²) in [6, 6.07) is -0.778. The fraction of sp³-hybridized carbons (Fsp3) is 0.861. The molecule has 0 aromatic rings. The number of carboxylic acid groups (broad SMARTS) is 1. The molecule has 0 saturated heterocycles. The summed E-state index contributed by atoms with van der Waals surface area (Å²) in [6.07, 6.45) is 14.9. The molecule has 9 atom stereocenters. The Bertz CT molecular complexity index is 1040. The monoisotopic (exact) mass is 600 g/mol. The highest BCUT2D eigenvalue weighted by atomic mass is 16.5. The molecule has 0 bridgehead atoms. The zero-order chi connectivity index (χ0) is 31.5. The van der Waals surface area contributed by atoms with Gasteiger partial charge in [-0.3, -0.25) is 4.79 Å². The van der Waals surface area contributed by atoms with E-state index in [4.69, 9.17) is 9.84 Å². The number of fused-ring (bicyclic) bond motifs is 5. The lowest BCUT2D eigenvalue weighted by atomic mass is 9.47. The average Bonchev–Trinajstić information content (AvgIpc) is 3.28. The highest BCUT2D eigenvalue weighted by Crippen LogP contribution is 2.67. The first-order chi connectivity index (χ1) is 20.2. The van der Waals surface area contributed by atoms with E-state index in [1.165, 1.54) is 50.5 Å². The molecule has 3 fully saturated rings. The van der Waals surface area contributed by atoms with E-state index in [1.807, 2.05) is 13.8 Å². The lowest BCUT2D eigenvalue weighted by Crippen LogP contribution is -2.51. The molecule has 7 heteroatoms. The second-order valence-corrected chi connectivity index (χ2v) is 16.0. The Morgan fingerprint density at radius 3 is 2.40 bits per heavy atom. The van der Waals surface area contributed by atoms with Crippen LogP contribution in [0.2, 0.25) is 0 Å². The first kappa shape index (κ1) is 33.8. The Morgan fingerprint density at radius 1 is 0.977 bits per heavy atom. The van der Waals surface area contributed by atoms with E-state index in [0.29, 0.717) is 17.8 Å². The van der Waals surface area contributed by atoms with Crippen LogP contribution in [-0.2, 0) is 14.3 Å². The van der Waals surface area contributed by atoms with Crippen LogP contribution >= 0.6 is 0 Å². The molecule has 3 N–H and O–H groups in total. The molecule has 2 amide bonds. The summed E-state index contributed by atoms with van der Waals surface area (Å²) in [5.41, 5.74) is 2.14. The third-order valence-electron chi connectivity index (χ3n) is 12.3. The van der Waals surface area contributed by atoms with Gasteiger partial charge in [-0.2, -0.15) is 0 Å². The minimum absolute atomic E-state index is 0.174. The molecule has 0 aromatic heterocycles. The Hall–Kier alpha value is -2.05. The van der Waals surface area contributed by atoms with Crippen LogP contribution in [0.15, 0.2) is 11.6 Å². The number of hydrogen-bond acceptors (Lipinski definition) is 4. The Kier molecular flexibility index (Phi) is 11.0. The van der Waals surface area contributed by atoms with Crippen molar-refractivity contribution in [3.63, 3.8) is 0 Å². The normalized spacial score (nSPS) is 34.8. The average molecular weight is 601 g/mol. The summed E-state index contributed by atoms with van der Waals surface area (Å²) in [7, 11) is 0. The molecule has 43 heavy (non-hydrogen) atoms. The van der Waals surface area contributed by atoms with E-state index in [-0.39, 0.29) is 24.0 Å². The quantitative estimate of drug-likeness (QED) is 0.157. The molecule has 7 nitrogen and oxygen atoms in total. The van der Waals surface area contributed by atoms with Gasteiger partial charge in [-0.25, -0.2) is 9.59 Å². The number of esters is 1. The maximum Gasteiger partial charge on any atom is 0.405 e. The Labute approximate surface area is 260 Å². The zero-order valence-electron chi connectivity index (χ0n) is 28.0. The van der Waals surface area contributed by atoms with Crippen LogP contribution in [0.3, 0.4) is 0 Å². The zero-order valence-corrected chi connectivity index (χ0v) is 28.0. The van der Waals surface area contributed by atoms with Gasteiger partial charge in [-0.05, 0) is 104 Å². The lowest BCUT2D eigenvalue weighted by molar-refractivity contribution is -0.155. The standard InChI is InChI=1S/C36H60N2O5/c1-22(2)9-8-10-24(5)28-13-14-29-27-12-11-25-20-26(15-17-35(25,6)30(27)16-18-36(28,29)7)43-33(40)31(19-23(3)4)38-32(39)21-37-34(41)42/h11,22-24,26-31,37H,8-10,12-21H2,1-7H3,(H,38,39)(H,41,42)/t24-,26+,27+,28-,29+,30+,31?,35+,36-/m1/s1. The maximum absolute atomic E-state index is 13.2. The van der Waals surface area contributed by atoms with Crippen molar-refractivity contribution < 1.29 is 24.2 Å². The Morgan fingerprint density at radius 2 is 1.72 bits per heavy atom. The fourth-order valence-corrected chi connectivity index (χ4v) is 10.1. The summed E-state index contributed by atoms with van der Waals surface area (Å²) in [5.74, 6) is 4.03. The summed E-state index contributed by atoms with van der Waals surface area (Å²) in [4.78, 5) is 36.3. The highest BCUT2D eigenvalue weighted by molar-refractivity contribution is 5.87. The number of nitrogens with one attached hydrogen (secondary N) is 2. The van der Waals surface area contributed by atoms with Crippen LogP contribution < -0.4 is 10.6 Å². The van der Waals surface area contributed by atoms with Gasteiger partial charge in [0, 0.05) is 6.42 Å². The summed E-state index contributed by atoms with van der Waals surface area (Å²) >= 11 is 0. The molecule has 244 valence electrons. The maximum atomic E-state index is 13.2. The van der Waals surface area contributed by atoms with Crippen LogP contribution in [-0.4, -0.2) is 41.8 Å². The van der Waals surface area contributed by atoms with Crippen LogP contribution in [0.4, 0.5) is 4.79 Å². The van der Waals surface area contributed by atoms with Crippen LogP contribution in [0, 0.1) is 52.3 Å². The topological polar surface area (TPSA) is 105 Å². The number of ether oxygens (including phenoxy) is 1. The van der Waals surface area contributed by atoms with Crippen molar-refractivity contribution in [2.45, 2.75) is 138 Å². The van der Waals surface area contributed by atoms with Gasteiger partial charge in [0.15, 0.2) is 0 Å². The SMILES string of the molecule is CC(C)CCC[C@@H](C)[C@H]1CC[C@H]2[C@@H]3CC=C4C[C@@H](OC(=O)C(CC(C)C)NC(=O)CNC(=O)O)CC[C@]4(C)[C@H]3CC[C@]12C. The van der Waals surface area contributed by atoms with Gasteiger partial charge in [0.05, 0.1) is 0 Å². The van der Waals surface area contributed by atoms with Crippen molar-refractivity contribution in [3.05, 3.63) is 11.6 Å². The van der Waals surface area contributed by atoms with Crippen molar-refractivity contribution in [1.29, 1.82) is 0 Å². The van der Waals surface area contributed by atoms with E-state index in [2.05, 4.69) is 51.3 Å². The summed E-state index contributed by atoms with van der Waals surface area (Å²) in [6.45, 7) is 16.0. The summed E-state index contributed by atoms with van der Waals surface area (Å²) in [5, 5.41) is 13.6. The van der Waals surface area contributed by atoms with E-state index >= 15 is 0 Å². The molecule has 4 aliphatic carbocycles. The van der Waals surface area contributed by atoms with E-state index in [9.17, 15) is 14.4 Å². The van der Waals surface area contributed by atoms with Crippen molar-refractivity contribution in [2.24, 2.45) is 52.3 Å². The van der Waals surface area contributed by atoms with E-state index in [0.717, 1.165) is 55.3 Å². The van der Waals surface area contributed by atoms with E-state index in [1.54, 1.807) is 0 Å². The van der Waals surface area contributed by atoms with Gasteiger partial charge < -0.3 is 20.5 Å². The number of rotatable bonds is 12. The van der Waals surface area contributed by atoms with Crippen LogP contribution in [0.25, 0.3) is 0 Å². The second-order valence-electron chi connectivity index (χ2n) is 16.0. The van der Waals surface area contributed by atoms with E-state index < -0.39 is 24.0 Å². The largest absolute Gasteiger partial charge is 0.465 e. The first-order valence-electron chi connectivity index (χ1n) is 17.4. The number of amides is 2. The van der Waals surface area contributed by atoms with Crippen molar-refractivity contribution in [3.8, 4) is 0 Å².